The molecule has 1 aromatic carbocycles. The summed E-state index contributed by atoms with van der Waals surface area (Å²) in [4.78, 5) is 10.2. The molecule has 0 amide bonds. The molecule has 0 radical (unpaired) electrons. The molecule has 0 aliphatic heterocycles. The number of rotatable bonds is 4. The zero-order valence-corrected chi connectivity index (χ0v) is 13.3. The summed E-state index contributed by atoms with van der Waals surface area (Å²) >= 11 is 4.08. The van der Waals surface area contributed by atoms with Gasteiger partial charge in [-0.25, -0.2) is 8.42 Å². The topological polar surface area (TPSA) is 113 Å². The van der Waals surface area contributed by atoms with E-state index < -0.39 is 20.6 Å². The quantitative estimate of drug-likeness (QED) is 0.639. The summed E-state index contributed by atoms with van der Waals surface area (Å²) in [5.41, 5.74) is -0.605. The van der Waals surface area contributed by atoms with Crippen molar-refractivity contribution in [2.75, 3.05) is 4.72 Å². The van der Waals surface area contributed by atoms with Crippen LogP contribution in [0.2, 0.25) is 0 Å². The van der Waals surface area contributed by atoms with Crippen LogP contribution in [0, 0.1) is 21.4 Å². The van der Waals surface area contributed by atoms with Crippen LogP contribution >= 0.6 is 27.3 Å². The summed E-state index contributed by atoms with van der Waals surface area (Å²) in [5.74, 6) is 0. The van der Waals surface area contributed by atoms with Crippen molar-refractivity contribution in [3.63, 3.8) is 0 Å². The van der Waals surface area contributed by atoms with E-state index in [2.05, 4.69) is 20.7 Å². The number of nitrogens with one attached hydrogen (secondary N) is 1. The lowest BCUT2D eigenvalue weighted by molar-refractivity contribution is -0.383. The molecule has 21 heavy (non-hydrogen) atoms. The van der Waals surface area contributed by atoms with Gasteiger partial charge in [-0.05, 0) is 39.5 Å². The van der Waals surface area contributed by atoms with E-state index in [4.69, 9.17) is 5.26 Å². The fraction of sp³-hybridized carbons (Fsp3) is 0. The number of anilines is 1. The maximum Gasteiger partial charge on any atom is 0.294 e. The minimum Gasteiger partial charge on any atom is -0.272 e. The molecule has 0 aliphatic rings. The van der Waals surface area contributed by atoms with Crippen LogP contribution < -0.4 is 4.72 Å². The van der Waals surface area contributed by atoms with Gasteiger partial charge in [-0.15, -0.1) is 11.3 Å². The van der Waals surface area contributed by atoms with Crippen LogP contribution in [0.5, 0.6) is 0 Å². The van der Waals surface area contributed by atoms with Crippen molar-refractivity contribution in [1.29, 1.82) is 5.26 Å². The van der Waals surface area contributed by atoms with E-state index in [1.165, 1.54) is 12.1 Å². The van der Waals surface area contributed by atoms with Gasteiger partial charge in [0, 0.05) is 10.5 Å². The number of sulfonamides is 1. The van der Waals surface area contributed by atoms with Crippen molar-refractivity contribution in [3.8, 4) is 6.07 Å². The zero-order chi connectivity index (χ0) is 15.6. The van der Waals surface area contributed by atoms with E-state index in [1.807, 2.05) is 0 Å². The molecule has 0 bridgehead atoms. The largest absolute Gasteiger partial charge is 0.294 e. The van der Waals surface area contributed by atoms with Crippen LogP contribution in [0.25, 0.3) is 0 Å². The van der Waals surface area contributed by atoms with Crippen LogP contribution in [0.4, 0.5) is 11.4 Å². The second-order valence-corrected chi connectivity index (χ2v) is 7.41. The van der Waals surface area contributed by atoms with E-state index in [9.17, 15) is 18.5 Å². The first kappa shape index (κ1) is 15.4. The number of benzene rings is 1. The number of nitrogens with zero attached hydrogens (tertiary/aromatic N) is 2. The van der Waals surface area contributed by atoms with Gasteiger partial charge in [0.2, 0.25) is 0 Å². The molecule has 7 nitrogen and oxygen atoms in total. The molecule has 0 saturated heterocycles. The number of hydrogen-bond acceptors (Lipinski definition) is 6. The first-order valence-corrected chi connectivity index (χ1v) is 8.45. The normalized spacial score (nSPS) is 10.9. The van der Waals surface area contributed by atoms with E-state index >= 15 is 0 Å². The van der Waals surface area contributed by atoms with Gasteiger partial charge in [0.1, 0.15) is 5.69 Å². The molecule has 0 fully saturated rings. The average Bonchev–Trinajstić information content (AvgIpc) is 2.85. The second-order valence-electron chi connectivity index (χ2n) is 3.76. The molecule has 0 saturated carbocycles. The lowest BCUT2D eigenvalue weighted by Gasteiger charge is -2.07. The summed E-state index contributed by atoms with van der Waals surface area (Å²) in [6.45, 7) is 0. The molecular weight excluding hydrogens is 382 g/mol. The lowest BCUT2D eigenvalue weighted by atomic mass is 10.2. The predicted molar refractivity (Wildman–Crippen MR) is 80.6 cm³/mol. The minimum absolute atomic E-state index is 0.0150. The maximum absolute atomic E-state index is 12.2. The Kier molecular flexibility index (Phi) is 4.26. The Balaban J connectivity index is 2.47. The molecule has 108 valence electrons. The molecule has 0 atom stereocenters. The molecule has 2 rings (SSSR count). The number of nitro benzene ring substituents is 1. The minimum atomic E-state index is -3.94. The summed E-state index contributed by atoms with van der Waals surface area (Å²) in [7, 11) is -3.94. The van der Waals surface area contributed by atoms with E-state index in [0.717, 1.165) is 17.4 Å². The Morgan fingerprint density at radius 1 is 1.38 bits per heavy atom. The van der Waals surface area contributed by atoms with Gasteiger partial charge in [-0.1, -0.05) is 0 Å². The Labute approximate surface area is 132 Å². The van der Waals surface area contributed by atoms with E-state index in [0.29, 0.717) is 4.47 Å². The van der Waals surface area contributed by atoms with Gasteiger partial charge in [-0.3, -0.25) is 14.8 Å². The van der Waals surface area contributed by atoms with Gasteiger partial charge in [0.15, 0.2) is 4.21 Å². The highest BCUT2D eigenvalue weighted by atomic mass is 79.9. The van der Waals surface area contributed by atoms with Gasteiger partial charge in [0.05, 0.1) is 16.6 Å². The summed E-state index contributed by atoms with van der Waals surface area (Å²) < 4.78 is 26.9. The highest BCUT2D eigenvalue weighted by Gasteiger charge is 2.24. The van der Waals surface area contributed by atoms with Gasteiger partial charge in [-0.2, -0.15) is 5.26 Å². The smallest absolute Gasteiger partial charge is 0.272 e. The third kappa shape index (κ3) is 3.21. The van der Waals surface area contributed by atoms with Crippen molar-refractivity contribution in [2.45, 2.75) is 4.21 Å². The van der Waals surface area contributed by atoms with Gasteiger partial charge < -0.3 is 0 Å². The fourth-order valence-electron chi connectivity index (χ4n) is 1.50. The van der Waals surface area contributed by atoms with Crippen molar-refractivity contribution in [2.24, 2.45) is 0 Å². The van der Waals surface area contributed by atoms with Crippen LogP contribution in [-0.4, -0.2) is 13.3 Å². The van der Waals surface area contributed by atoms with Crippen molar-refractivity contribution in [3.05, 3.63) is 49.8 Å². The third-order valence-corrected chi connectivity index (χ3v) is 6.43. The van der Waals surface area contributed by atoms with Crippen LogP contribution in [0.15, 0.2) is 38.3 Å². The third-order valence-electron chi connectivity index (χ3n) is 2.40. The van der Waals surface area contributed by atoms with Gasteiger partial charge in [0.25, 0.3) is 15.7 Å². The molecule has 10 heteroatoms. The monoisotopic (exact) mass is 387 g/mol. The average molecular weight is 388 g/mol. The Morgan fingerprint density at radius 2 is 2.10 bits per heavy atom. The Hall–Kier alpha value is -1.96. The molecule has 0 spiro atoms. The Bertz CT molecular complexity index is 855. The first-order valence-electron chi connectivity index (χ1n) is 5.29. The van der Waals surface area contributed by atoms with Crippen molar-refractivity contribution >= 4 is 48.7 Å². The second kappa shape index (κ2) is 5.80. The maximum atomic E-state index is 12.2. The van der Waals surface area contributed by atoms with Crippen LogP contribution in [0.3, 0.4) is 0 Å². The standard InChI is InChI=1S/C11H6BrN3O4S2/c12-8-3-4-20-11(8)21(18,19)14-9-2-1-7(6-13)5-10(9)15(16)17/h1-5,14H. The summed E-state index contributed by atoms with van der Waals surface area (Å²) in [6, 6.07) is 6.83. The molecule has 1 N–H and O–H groups in total. The van der Waals surface area contributed by atoms with Gasteiger partial charge >= 0.3 is 0 Å². The van der Waals surface area contributed by atoms with Crippen LogP contribution in [0.1, 0.15) is 5.56 Å². The highest BCUT2D eigenvalue weighted by Crippen LogP contribution is 2.32. The summed E-state index contributed by atoms with van der Waals surface area (Å²) in [6.07, 6.45) is 0. The lowest BCUT2D eigenvalue weighted by Crippen LogP contribution is -2.13. The first-order chi connectivity index (χ1) is 9.85. The fourth-order valence-corrected chi connectivity index (χ4v) is 4.91. The SMILES string of the molecule is N#Cc1ccc(NS(=O)(=O)c2sccc2Br)c([N+](=O)[O-])c1. The Morgan fingerprint density at radius 3 is 2.62 bits per heavy atom. The summed E-state index contributed by atoms with van der Waals surface area (Å²) in [5, 5.41) is 21.3. The number of halogens is 1. The van der Waals surface area contributed by atoms with E-state index in [-0.39, 0.29) is 15.5 Å². The van der Waals surface area contributed by atoms with Crippen LogP contribution in [-0.2, 0) is 10.0 Å². The molecular formula is C11H6BrN3O4S2. The number of hydrogen-bond donors (Lipinski definition) is 1. The molecule has 0 unspecified atom stereocenters. The number of nitriles is 1. The van der Waals surface area contributed by atoms with E-state index in [1.54, 1.807) is 17.5 Å². The van der Waals surface area contributed by atoms with Crippen molar-refractivity contribution in [1.82, 2.24) is 0 Å². The molecule has 2 aromatic rings. The number of nitro groups is 1. The van der Waals surface area contributed by atoms with Crippen molar-refractivity contribution < 1.29 is 13.3 Å². The molecule has 0 aliphatic carbocycles. The zero-order valence-electron chi connectivity index (χ0n) is 10.1. The molecule has 1 heterocycles. The highest BCUT2D eigenvalue weighted by molar-refractivity contribution is 9.10. The predicted octanol–water partition coefficient (Wildman–Crippen LogP) is 3.09. The molecule has 1 aromatic heterocycles. The number of thiophene rings is 1.